The lowest BCUT2D eigenvalue weighted by atomic mass is 10.1. The number of hydrogen-bond acceptors (Lipinski definition) is 3. The van der Waals surface area contributed by atoms with Crippen molar-refractivity contribution in [1.29, 1.82) is 0 Å². The Balaban J connectivity index is 1.52. The van der Waals surface area contributed by atoms with Crippen molar-refractivity contribution in [1.82, 2.24) is 20.0 Å². The second-order valence-corrected chi connectivity index (χ2v) is 7.53. The highest BCUT2D eigenvalue weighted by molar-refractivity contribution is 5.94. The Labute approximate surface area is 159 Å². The molecule has 4 rings (SSSR count). The fourth-order valence-electron chi connectivity index (χ4n) is 4.35. The number of halogens is 1. The van der Waals surface area contributed by atoms with Gasteiger partial charge in [0.1, 0.15) is 5.82 Å². The van der Waals surface area contributed by atoms with Crippen LogP contribution in [0.2, 0.25) is 0 Å². The minimum Gasteiger partial charge on any atom is -0.349 e. The summed E-state index contributed by atoms with van der Waals surface area (Å²) in [6, 6.07) is 6.68. The van der Waals surface area contributed by atoms with E-state index in [1.807, 2.05) is 4.68 Å². The molecule has 0 spiro atoms. The zero-order valence-electron chi connectivity index (χ0n) is 15.9. The number of rotatable bonds is 6. The van der Waals surface area contributed by atoms with Crippen LogP contribution in [0.25, 0.3) is 5.69 Å². The van der Waals surface area contributed by atoms with E-state index in [1.54, 1.807) is 12.1 Å². The van der Waals surface area contributed by atoms with Gasteiger partial charge in [0.05, 0.1) is 5.69 Å². The first-order chi connectivity index (χ1) is 13.2. The number of amides is 1. The van der Waals surface area contributed by atoms with Crippen LogP contribution in [-0.4, -0.2) is 46.3 Å². The number of nitrogens with zero attached hydrogens (tertiary/aromatic N) is 3. The highest BCUT2D eigenvalue weighted by Gasteiger charge is 2.28. The van der Waals surface area contributed by atoms with E-state index in [4.69, 9.17) is 0 Å². The van der Waals surface area contributed by atoms with Gasteiger partial charge in [-0.15, -0.1) is 0 Å². The molecule has 5 nitrogen and oxygen atoms in total. The van der Waals surface area contributed by atoms with Gasteiger partial charge in [-0.2, -0.15) is 5.10 Å². The van der Waals surface area contributed by atoms with Gasteiger partial charge in [-0.25, -0.2) is 9.07 Å². The summed E-state index contributed by atoms with van der Waals surface area (Å²) in [7, 11) is 0. The molecule has 0 radical (unpaired) electrons. The minimum absolute atomic E-state index is 0.0911. The first kappa shape index (κ1) is 18.2. The molecule has 1 atom stereocenters. The van der Waals surface area contributed by atoms with Crippen molar-refractivity contribution in [3.8, 4) is 5.69 Å². The highest BCUT2D eigenvalue weighted by atomic mass is 19.1. The third-order valence-corrected chi connectivity index (χ3v) is 5.84. The Hall–Kier alpha value is -2.21. The molecular weight excluding hydrogens is 343 g/mol. The summed E-state index contributed by atoms with van der Waals surface area (Å²) in [6.45, 7) is 5.09. The van der Waals surface area contributed by atoms with E-state index in [9.17, 15) is 9.18 Å². The van der Waals surface area contributed by atoms with Crippen LogP contribution in [0.5, 0.6) is 0 Å². The highest BCUT2D eigenvalue weighted by Crippen LogP contribution is 2.28. The molecule has 1 aromatic carbocycles. The first-order valence-corrected chi connectivity index (χ1v) is 10.1. The van der Waals surface area contributed by atoms with E-state index < -0.39 is 0 Å². The lowest BCUT2D eigenvalue weighted by molar-refractivity contribution is 0.0930. The smallest absolute Gasteiger partial charge is 0.272 e. The number of fused-ring (bicyclic) bond motifs is 1. The van der Waals surface area contributed by atoms with Crippen molar-refractivity contribution in [2.45, 2.75) is 51.5 Å². The zero-order valence-corrected chi connectivity index (χ0v) is 15.9. The maximum atomic E-state index is 13.2. The molecule has 1 aliphatic heterocycles. The summed E-state index contributed by atoms with van der Waals surface area (Å²) in [5.41, 5.74) is 3.46. The van der Waals surface area contributed by atoms with Crippen molar-refractivity contribution in [2.24, 2.45) is 0 Å². The minimum atomic E-state index is -0.270. The van der Waals surface area contributed by atoms with E-state index in [0.29, 0.717) is 18.3 Å². The third-order valence-electron chi connectivity index (χ3n) is 5.84. The maximum Gasteiger partial charge on any atom is 0.272 e. The summed E-state index contributed by atoms with van der Waals surface area (Å²) in [5.74, 6) is -0.361. The summed E-state index contributed by atoms with van der Waals surface area (Å²) < 4.78 is 15.1. The van der Waals surface area contributed by atoms with E-state index in [-0.39, 0.29) is 11.7 Å². The molecule has 2 aromatic rings. The monoisotopic (exact) mass is 370 g/mol. The van der Waals surface area contributed by atoms with Crippen molar-refractivity contribution in [2.75, 3.05) is 19.6 Å². The molecule has 1 saturated heterocycles. The van der Waals surface area contributed by atoms with Gasteiger partial charge in [0, 0.05) is 23.8 Å². The maximum absolute atomic E-state index is 13.2. The van der Waals surface area contributed by atoms with E-state index >= 15 is 0 Å². The van der Waals surface area contributed by atoms with Crippen LogP contribution in [0.1, 0.15) is 54.4 Å². The summed E-state index contributed by atoms with van der Waals surface area (Å²) >= 11 is 0. The van der Waals surface area contributed by atoms with Crippen LogP contribution in [0, 0.1) is 5.82 Å². The summed E-state index contributed by atoms with van der Waals surface area (Å²) in [5, 5.41) is 7.72. The molecule has 1 aromatic heterocycles. The van der Waals surface area contributed by atoms with Crippen LogP contribution in [0.15, 0.2) is 24.3 Å². The molecule has 1 fully saturated rings. The van der Waals surface area contributed by atoms with Crippen LogP contribution in [0.4, 0.5) is 4.39 Å². The number of benzene rings is 1. The molecule has 0 bridgehead atoms. The van der Waals surface area contributed by atoms with Gasteiger partial charge in [0.2, 0.25) is 0 Å². The normalized spacial score (nSPS) is 17.9. The molecule has 1 amide bonds. The number of hydrogen-bond donors (Lipinski definition) is 1. The second kappa shape index (κ2) is 7.80. The molecular formula is C21H27FN4O. The Morgan fingerprint density at radius 3 is 2.63 bits per heavy atom. The van der Waals surface area contributed by atoms with Gasteiger partial charge in [-0.1, -0.05) is 6.92 Å². The number of carbonyl (C=O) groups excluding carboxylic acids is 1. The number of nitrogens with one attached hydrogen (secondary N) is 1. The van der Waals surface area contributed by atoms with Crippen molar-refractivity contribution in [3.05, 3.63) is 47.0 Å². The van der Waals surface area contributed by atoms with Crippen LogP contribution in [-0.2, 0) is 12.8 Å². The Bertz CT molecular complexity index is 808. The van der Waals surface area contributed by atoms with Crippen LogP contribution in [0.3, 0.4) is 0 Å². The standard InChI is InChI=1S/C21H27FN4O/c1-2-16(25-12-3-4-13-25)14-23-21(27)20-18-6-5-7-19(18)26(24-20)17-10-8-15(22)9-11-17/h8-11,16H,2-7,12-14H2,1H3,(H,23,27). The molecule has 1 unspecified atom stereocenters. The molecule has 2 aliphatic rings. The Kier molecular flexibility index (Phi) is 5.25. The molecule has 6 heteroatoms. The van der Waals surface area contributed by atoms with E-state index in [2.05, 4.69) is 22.2 Å². The van der Waals surface area contributed by atoms with Gasteiger partial charge < -0.3 is 5.32 Å². The predicted molar refractivity (Wildman–Crippen MR) is 103 cm³/mol. The number of likely N-dealkylation sites (tertiary alicyclic amines) is 1. The van der Waals surface area contributed by atoms with E-state index in [0.717, 1.165) is 55.7 Å². The van der Waals surface area contributed by atoms with Gasteiger partial charge >= 0.3 is 0 Å². The predicted octanol–water partition coefficient (Wildman–Crippen LogP) is 3.10. The fourth-order valence-corrected chi connectivity index (χ4v) is 4.35. The van der Waals surface area contributed by atoms with Crippen LogP contribution >= 0.6 is 0 Å². The second-order valence-electron chi connectivity index (χ2n) is 7.53. The first-order valence-electron chi connectivity index (χ1n) is 10.1. The number of carbonyl (C=O) groups is 1. The molecule has 2 heterocycles. The van der Waals surface area contributed by atoms with Crippen LogP contribution < -0.4 is 5.32 Å². The topological polar surface area (TPSA) is 50.2 Å². The molecule has 27 heavy (non-hydrogen) atoms. The average molecular weight is 370 g/mol. The Morgan fingerprint density at radius 2 is 1.93 bits per heavy atom. The molecule has 1 N–H and O–H groups in total. The van der Waals surface area contributed by atoms with Crippen molar-refractivity contribution in [3.63, 3.8) is 0 Å². The SMILES string of the molecule is CCC(CNC(=O)c1nn(-c2ccc(F)cc2)c2c1CCC2)N1CCCC1. The van der Waals surface area contributed by atoms with Gasteiger partial charge in [0.15, 0.2) is 5.69 Å². The van der Waals surface area contributed by atoms with Crippen molar-refractivity contribution < 1.29 is 9.18 Å². The molecule has 1 aliphatic carbocycles. The summed E-state index contributed by atoms with van der Waals surface area (Å²) in [4.78, 5) is 15.3. The van der Waals surface area contributed by atoms with Crippen molar-refractivity contribution >= 4 is 5.91 Å². The molecule has 144 valence electrons. The van der Waals surface area contributed by atoms with E-state index in [1.165, 1.54) is 25.0 Å². The molecule has 0 saturated carbocycles. The fraction of sp³-hybridized carbons (Fsp3) is 0.524. The van der Waals surface area contributed by atoms with Gasteiger partial charge in [0.25, 0.3) is 5.91 Å². The Morgan fingerprint density at radius 1 is 1.19 bits per heavy atom. The van der Waals surface area contributed by atoms with Gasteiger partial charge in [-0.05, 0) is 75.9 Å². The number of aromatic nitrogens is 2. The third kappa shape index (κ3) is 3.63. The quantitative estimate of drug-likeness (QED) is 0.850. The zero-order chi connectivity index (χ0) is 18.8. The average Bonchev–Trinajstić information content (AvgIpc) is 3.41. The lowest BCUT2D eigenvalue weighted by Crippen LogP contribution is -2.42. The lowest BCUT2D eigenvalue weighted by Gasteiger charge is -2.26. The van der Waals surface area contributed by atoms with Gasteiger partial charge in [-0.3, -0.25) is 9.69 Å². The largest absolute Gasteiger partial charge is 0.349 e. The summed E-state index contributed by atoms with van der Waals surface area (Å²) in [6.07, 6.45) is 6.34.